The molecule has 0 spiro atoms. The van der Waals surface area contributed by atoms with Crippen molar-refractivity contribution in [2.45, 2.75) is 26.7 Å². The second-order valence-electron chi connectivity index (χ2n) is 6.72. The molecule has 3 aromatic heterocycles. The molecule has 3 heterocycles. The summed E-state index contributed by atoms with van der Waals surface area (Å²) >= 11 is 0. The molecule has 0 atom stereocenters. The molecular formula is C19H19F2N7O2. The maximum atomic E-state index is 13.7. The summed E-state index contributed by atoms with van der Waals surface area (Å²) in [4.78, 5) is 34.4. The van der Waals surface area contributed by atoms with Gasteiger partial charge in [0.05, 0.1) is 11.4 Å². The van der Waals surface area contributed by atoms with Gasteiger partial charge in [-0.15, -0.1) is 0 Å². The van der Waals surface area contributed by atoms with Crippen molar-refractivity contribution in [3.05, 3.63) is 41.6 Å². The number of aromatic nitrogens is 5. The minimum absolute atomic E-state index is 0.131. The topological polar surface area (TPSA) is 115 Å². The Morgan fingerprint density at radius 2 is 1.93 bits per heavy atom. The minimum Gasteiger partial charge on any atom is -0.339 e. The Morgan fingerprint density at radius 1 is 1.20 bits per heavy atom. The van der Waals surface area contributed by atoms with Crippen LogP contribution in [0, 0.1) is 6.92 Å². The van der Waals surface area contributed by atoms with Gasteiger partial charge in [-0.3, -0.25) is 14.3 Å². The standard InChI is InChI=1S/C19H19F2N7O2/c1-10-5-17(26-18(23-10)19(3,20)21)25-14-7-16(24-11(2)30)22-8-13(14)15-6-12(9-29)28(4)27-15/h5-9H,1-4H3,(H2,22,23,24,25,26,30). The van der Waals surface area contributed by atoms with Crippen molar-refractivity contribution in [1.82, 2.24) is 24.7 Å². The van der Waals surface area contributed by atoms with Gasteiger partial charge in [0, 0.05) is 50.5 Å². The molecule has 30 heavy (non-hydrogen) atoms. The van der Waals surface area contributed by atoms with Crippen LogP contribution in [0.3, 0.4) is 0 Å². The average Bonchev–Trinajstić information content (AvgIpc) is 3.01. The van der Waals surface area contributed by atoms with E-state index < -0.39 is 11.7 Å². The van der Waals surface area contributed by atoms with Gasteiger partial charge in [0.2, 0.25) is 11.7 Å². The van der Waals surface area contributed by atoms with Crippen LogP contribution in [0.2, 0.25) is 0 Å². The van der Waals surface area contributed by atoms with Gasteiger partial charge in [-0.05, 0) is 13.0 Å². The Morgan fingerprint density at radius 3 is 2.53 bits per heavy atom. The Bertz CT molecular complexity index is 1120. The highest BCUT2D eigenvalue weighted by Gasteiger charge is 2.29. The van der Waals surface area contributed by atoms with Gasteiger partial charge in [-0.25, -0.2) is 15.0 Å². The van der Waals surface area contributed by atoms with E-state index in [1.54, 1.807) is 20.0 Å². The third kappa shape index (κ3) is 4.62. The summed E-state index contributed by atoms with van der Waals surface area (Å²) < 4.78 is 28.9. The van der Waals surface area contributed by atoms with E-state index in [1.807, 2.05) is 0 Å². The number of hydrogen-bond acceptors (Lipinski definition) is 7. The first-order valence-corrected chi connectivity index (χ1v) is 8.85. The van der Waals surface area contributed by atoms with Crippen molar-refractivity contribution in [1.29, 1.82) is 0 Å². The van der Waals surface area contributed by atoms with Crippen LogP contribution in [0.5, 0.6) is 0 Å². The number of hydrogen-bond donors (Lipinski definition) is 2. The summed E-state index contributed by atoms with van der Waals surface area (Å²) in [5.41, 5.74) is 1.99. The number of aldehydes is 1. The van der Waals surface area contributed by atoms with Crippen LogP contribution in [-0.2, 0) is 17.8 Å². The van der Waals surface area contributed by atoms with Gasteiger partial charge in [0.1, 0.15) is 17.3 Å². The molecule has 0 aliphatic carbocycles. The van der Waals surface area contributed by atoms with Crippen molar-refractivity contribution in [3.63, 3.8) is 0 Å². The lowest BCUT2D eigenvalue weighted by molar-refractivity contribution is -0.114. The molecule has 156 valence electrons. The lowest BCUT2D eigenvalue weighted by Crippen LogP contribution is -2.14. The molecule has 0 aliphatic heterocycles. The highest BCUT2D eigenvalue weighted by Crippen LogP contribution is 2.32. The van der Waals surface area contributed by atoms with Crippen molar-refractivity contribution >= 4 is 29.5 Å². The van der Waals surface area contributed by atoms with E-state index >= 15 is 0 Å². The van der Waals surface area contributed by atoms with Gasteiger partial charge >= 0.3 is 5.92 Å². The summed E-state index contributed by atoms with van der Waals surface area (Å²) in [6, 6.07) is 4.59. The summed E-state index contributed by atoms with van der Waals surface area (Å²) in [6.07, 6.45) is 2.11. The van der Waals surface area contributed by atoms with Gasteiger partial charge in [0.25, 0.3) is 0 Å². The number of carbonyl (C=O) groups excluding carboxylic acids is 2. The molecule has 11 heteroatoms. The number of anilines is 3. The molecule has 0 unspecified atom stereocenters. The highest BCUT2D eigenvalue weighted by molar-refractivity contribution is 5.90. The van der Waals surface area contributed by atoms with E-state index in [0.29, 0.717) is 41.5 Å². The van der Waals surface area contributed by atoms with Crippen LogP contribution in [0.15, 0.2) is 24.4 Å². The van der Waals surface area contributed by atoms with Gasteiger partial charge < -0.3 is 10.6 Å². The number of carbonyl (C=O) groups is 2. The van der Waals surface area contributed by atoms with Crippen LogP contribution in [0.4, 0.5) is 26.1 Å². The maximum absolute atomic E-state index is 13.7. The maximum Gasteiger partial charge on any atom is 0.303 e. The largest absolute Gasteiger partial charge is 0.339 e. The molecular weight excluding hydrogens is 396 g/mol. The number of amides is 1. The molecule has 0 aliphatic rings. The number of alkyl halides is 2. The molecule has 0 saturated carbocycles. The van der Waals surface area contributed by atoms with Gasteiger partial charge in [-0.1, -0.05) is 0 Å². The molecule has 9 nitrogen and oxygen atoms in total. The number of halogens is 2. The first-order chi connectivity index (χ1) is 14.1. The first kappa shape index (κ1) is 21.0. The lowest BCUT2D eigenvalue weighted by Gasteiger charge is -2.15. The summed E-state index contributed by atoms with van der Waals surface area (Å²) in [7, 11) is 1.61. The second kappa shape index (κ2) is 7.93. The number of pyridine rings is 1. The van der Waals surface area contributed by atoms with Crippen LogP contribution in [-0.4, -0.2) is 36.9 Å². The SMILES string of the molecule is CC(=O)Nc1cc(Nc2cc(C)nc(C(C)(F)F)n2)c(-c2cc(C=O)n(C)n2)cn1. The fraction of sp³-hybridized carbons (Fsp3) is 0.263. The molecule has 1 amide bonds. The molecule has 0 saturated heterocycles. The van der Waals surface area contributed by atoms with E-state index in [0.717, 1.165) is 0 Å². The number of nitrogens with one attached hydrogen (secondary N) is 2. The average molecular weight is 415 g/mol. The van der Waals surface area contributed by atoms with E-state index in [2.05, 4.69) is 30.7 Å². The molecule has 0 bridgehead atoms. The number of rotatable bonds is 6. The normalized spacial score (nSPS) is 11.3. The predicted molar refractivity (Wildman–Crippen MR) is 106 cm³/mol. The molecule has 0 fully saturated rings. The number of aryl methyl sites for hydroxylation is 2. The summed E-state index contributed by atoms with van der Waals surface area (Å²) in [6.45, 7) is 3.63. The molecule has 0 aromatic carbocycles. The van der Waals surface area contributed by atoms with Crippen molar-refractivity contribution in [3.8, 4) is 11.3 Å². The van der Waals surface area contributed by atoms with E-state index in [4.69, 9.17) is 0 Å². The van der Waals surface area contributed by atoms with Crippen molar-refractivity contribution in [2.24, 2.45) is 7.05 Å². The Kier molecular flexibility index (Phi) is 5.54. The highest BCUT2D eigenvalue weighted by atomic mass is 19.3. The fourth-order valence-corrected chi connectivity index (χ4v) is 2.70. The first-order valence-electron chi connectivity index (χ1n) is 8.85. The summed E-state index contributed by atoms with van der Waals surface area (Å²) in [5, 5.41) is 9.82. The quantitative estimate of drug-likeness (QED) is 0.594. The van der Waals surface area contributed by atoms with Crippen molar-refractivity contribution < 1.29 is 18.4 Å². The summed E-state index contributed by atoms with van der Waals surface area (Å²) in [5.74, 6) is -3.79. The zero-order valence-corrected chi connectivity index (χ0v) is 16.7. The van der Waals surface area contributed by atoms with Crippen LogP contribution < -0.4 is 10.6 Å². The smallest absolute Gasteiger partial charge is 0.303 e. The van der Waals surface area contributed by atoms with Gasteiger partial charge in [-0.2, -0.15) is 13.9 Å². The van der Waals surface area contributed by atoms with Crippen LogP contribution >= 0.6 is 0 Å². The second-order valence-corrected chi connectivity index (χ2v) is 6.72. The Hall–Kier alpha value is -3.76. The van der Waals surface area contributed by atoms with Crippen LogP contribution in [0.1, 0.15) is 35.9 Å². The zero-order valence-electron chi connectivity index (χ0n) is 16.7. The molecule has 0 radical (unpaired) electrons. The van der Waals surface area contributed by atoms with E-state index in [-0.39, 0.29) is 17.5 Å². The molecule has 3 rings (SSSR count). The minimum atomic E-state index is -3.22. The Labute approximate surface area is 170 Å². The Balaban J connectivity index is 2.10. The predicted octanol–water partition coefficient (Wildman–Crippen LogP) is 3.21. The third-order valence-corrected chi connectivity index (χ3v) is 4.03. The number of nitrogens with zero attached hydrogens (tertiary/aromatic N) is 5. The molecule has 2 N–H and O–H groups in total. The van der Waals surface area contributed by atoms with Crippen LogP contribution in [0.25, 0.3) is 11.3 Å². The molecule has 3 aromatic rings. The lowest BCUT2D eigenvalue weighted by atomic mass is 10.1. The zero-order chi connectivity index (χ0) is 22.1. The van der Waals surface area contributed by atoms with E-state index in [1.165, 1.54) is 29.9 Å². The van der Waals surface area contributed by atoms with E-state index in [9.17, 15) is 18.4 Å². The van der Waals surface area contributed by atoms with Crippen molar-refractivity contribution in [2.75, 3.05) is 10.6 Å². The fourth-order valence-electron chi connectivity index (χ4n) is 2.70. The third-order valence-electron chi connectivity index (χ3n) is 4.03. The monoisotopic (exact) mass is 415 g/mol. The van der Waals surface area contributed by atoms with Gasteiger partial charge in [0.15, 0.2) is 6.29 Å².